The van der Waals surface area contributed by atoms with Crippen molar-refractivity contribution >= 4 is 17.5 Å². The van der Waals surface area contributed by atoms with Crippen molar-refractivity contribution in [2.45, 2.75) is 6.92 Å². The molecular weight excluding hydrogens is 236 g/mol. The van der Waals surface area contributed by atoms with Gasteiger partial charge in [0.1, 0.15) is 11.5 Å². The van der Waals surface area contributed by atoms with Gasteiger partial charge in [-0.3, -0.25) is 4.79 Å². The second-order valence-electron chi connectivity index (χ2n) is 3.59. The van der Waals surface area contributed by atoms with E-state index in [1.807, 2.05) is 6.92 Å². The zero-order valence-corrected chi connectivity index (χ0v) is 10.4. The highest BCUT2D eigenvalue weighted by Crippen LogP contribution is 2.25. The standard InChI is InChI=1S/C13H14O5/c1-8-4-5-9(12(6-8)17-2)10(14)7-11(15)13(16)18-3/h4-7,14H,1-3H3. The molecule has 0 aliphatic carbocycles. The number of methoxy groups -OCH3 is 2. The molecule has 1 aromatic carbocycles. The number of aryl methyl sites for hydroxylation is 1. The average molecular weight is 250 g/mol. The second kappa shape index (κ2) is 5.86. The van der Waals surface area contributed by atoms with Crippen LogP contribution in [0.2, 0.25) is 0 Å². The van der Waals surface area contributed by atoms with Crippen molar-refractivity contribution in [3.05, 3.63) is 35.4 Å². The van der Waals surface area contributed by atoms with Gasteiger partial charge < -0.3 is 14.6 Å². The number of ether oxygens (including phenoxy) is 2. The van der Waals surface area contributed by atoms with Gasteiger partial charge in [0.15, 0.2) is 0 Å². The summed E-state index contributed by atoms with van der Waals surface area (Å²) in [5.41, 5.74) is 1.28. The summed E-state index contributed by atoms with van der Waals surface area (Å²) in [6.45, 7) is 1.87. The first-order valence-electron chi connectivity index (χ1n) is 5.17. The third kappa shape index (κ3) is 3.10. The van der Waals surface area contributed by atoms with Gasteiger partial charge in [-0.15, -0.1) is 0 Å². The number of carbonyl (C=O) groups is 2. The van der Waals surface area contributed by atoms with Crippen LogP contribution < -0.4 is 4.74 Å². The normalized spacial score (nSPS) is 10.9. The van der Waals surface area contributed by atoms with Crippen molar-refractivity contribution in [3.8, 4) is 5.75 Å². The van der Waals surface area contributed by atoms with E-state index in [1.165, 1.54) is 7.11 Å². The summed E-state index contributed by atoms with van der Waals surface area (Å²) >= 11 is 0. The molecule has 0 atom stereocenters. The quantitative estimate of drug-likeness (QED) is 0.380. The van der Waals surface area contributed by atoms with Gasteiger partial charge >= 0.3 is 5.97 Å². The second-order valence-corrected chi connectivity index (χ2v) is 3.59. The molecule has 0 bridgehead atoms. The lowest BCUT2D eigenvalue weighted by Crippen LogP contribution is -2.13. The molecule has 0 unspecified atom stereocenters. The van der Waals surface area contributed by atoms with Crippen LogP contribution in [0.15, 0.2) is 24.3 Å². The number of hydrogen-bond donors (Lipinski definition) is 1. The molecule has 1 rings (SSSR count). The Kier molecular flexibility index (Phi) is 4.48. The van der Waals surface area contributed by atoms with E-state index in [-0.39, 0.29) is 5.76 Å². The first-order valence-corrected chi connectivity index (χ1v) is 5.17. The van der Waals surface area contributed by atoms with Crippen LogP contribution in [-0.2, 0) is 14.3 Å². The molecule has 0 saturated heterocycles. The predicted molar refractivity (Wildman–Crippen MR) is 65.4 cm³/mol. The van der Waals surface area contributed by atoms with E-state index in [9.17, 15) is 14.7 Å². The molecule has 18 heavy (non-hydrogen) atoms. The number of carbonyl (C=O) groups excluding carboxylic acids is 2. The third-order valence-corrected chi connectivity index (χ3v) is 2.29. The first-order chi connectivity index (χ1) is 8.49. The van der Waals surface area contributed by atoms with Crippen molar-refractivity contribution < 1.29 is 24.2 Å². The fraction of sp³-hybridized carbons (Fsp3) is 0.231. The molecule has 0 heterocycles. The van der Waals surface area contributed by atoms with E-state index in [0.717, 1.165) is 18.7 Å². The van der Waals surface area contributed by atoms with Gasteiger partial charge in [-0.05, 0) is 24.6 Å². The number of ketones is 1. The predicted octanol–water partition coefficient (Wildman–Crippen LogP) is 1.64. The lowest BCUT2D eigenvalue weighted by atomic mass is 10.1. The largest absolute Gasteiger partial charge is 0.507 e. The molecular formula is C13H14O5. The highest BCUT2D eigenvalue weighted by Gasteiger charge is 2.14. The summed E-state index contributed by atoms with van der Waals surface area (Å²) in [5, 5.41) is 9.79. The topological polar surface area (TPSA) is 72.8 Å². The van der Waals surface area contributed by atoms with E-state index >= 15 is 0 Å². The number of aliphatic hydroxyl groups excluding tert-OH is 1. The fourth-order valence-electron chi connectivity index (χ4n) is 1.37. The van der Waals surface area contributed by atoms with Gasteiger partial charge in [-0.1, -0.05) is 6.07 Å². The van der Waals surface area contributed by atoms with Gasteiger partial charge in [0.05, 0.1) is 19.8 Å². The zero-order chi connectivity index (χ0) is 13.7. The molecule has 96 valence electrons. The Morgan fingerprint density at radius 2 is 1.94 bits per heavy atom. The maximum absolute atomic E-state index is 11.3. The fourth-order valence-corrected chi connectivity index (χ4v) is 1.37. The van der Waals surface area contributed by atoms with Crippen molar-refractivity contribution in [1.82, 2.24) is 0 Å². The van der Waals surface area contributed by atoms with Crippen LogP contribution in [0, 0.1) is 6.92 Å². The number of esters is 1. The highest BCUT2D eigenvalue weighted by molar-refractivity contribution is 6.39. The molecule has 0 fully saturated rings. The smallest absolute Gasteiger partial charge is 0.378 e. The van der Waals surface area contributed by atoms with E-state index in [1.54, 1.807) is 18.2 Å². The lowest BCUT2D eigenvalue weighted by molar-refractivity contribution is -0.149. The Hall–Kier alpha value is -2.30. The number of hydrogen-bond acceptors (Lipinski definition) is 5. The Morgan fingerprint density at radius 3 is 2.50 bits per heavy atom. The van der Waals surface area contributed by atoms with Crippen LogP contribution in [0.3, 0.4) is 0 Å². The summed E-state index contributed by atoms with van der Waals surface area (Å²) in [7, 11) is 2.55. The van der Waals surface area contributed by atoms with E-state index in [0.29, 0.717) is 11.3 Å². The average Bonchev–Trinajstić information content (AvgIpc) is 2.37. The van der Waals surface area contributed by atoms with E-state index in [2.05, 4.69) is 4.74 Å². The van der Waals surface area contributed by atoms with Gasteiger partial charge in [0, 0.05) is 6.08 Å². The zero-order valence-electron chi connectivity index (χ0n) is 10.4. The molecule has 0 spiro atoms. The van der Waals surface area contributed by atoms with Crippen LogP contribution in [-0.4, -0.2) is 31.1 Å². The third-order valence-electron chi connectivity index (χ3n) is 2.29. The summed E-state index contributed by atoms with van der Waals surface area (Å²) in [6, 6.07) is 5.07. The molecule has 0 amide bonds. The minimum absolute atomic E-state index is 0.334. The number of aliphatic hydroxyl groups is 1. The lowest BCUT2D eigenvalue weighted by Gasteiger charge is -2.08. The molecule has 0 aromatic heterocycles. The maximum atomic E-state index is 11.3. The number of rotatable bonds is 4. The minimum atomic E-state index is -1.03. The van der Waals surface area contributed by atoms with Gasteiger partial charge in [0.2, 0.25) is 0 Å². The van der Waals surface area contributed by atoms with Gasteiger partial charge in [-0.25, -0.2) is 4.79 Å². The van der Waals surface area contributed by atoms with E-state index in [4.69, 9.17) is 4.74 Å². The Balaban J connectivity index is 3.10. The van der Waals surface area contributed by atoms with Crippen molar-refractivity contribution in [3.63, 3.8) is 0 Å². The Morgan fingerprint density at radius 1 is 1.28 bits per heavy atom. The van der Waals surface area contributed by atoms with E-state index < -0.39 is 11.8 Å². The van der Waals surface area contributed by atoms with Crippen LogP contribution in [0.1, 0.15) is 11.1 Å². The summed E-state index contributed by atoms with van der Waals surface area (Å²) < 4.78 is 9.34. The monoisotopic (exact) mass is 250 g/mol. The van der Waals surface area contributed by atoms with Crippen LogP contribution in [0.4, 0.5) is 0 Å². The summed E-state index contributed by atoms with van der Waals surface area (Å²) in [4.78, 5) is 22.2. The molecule has 5 nitrogen and oxygen atoms in total. The van der Waals surface area contributed by atoms with Crippen molar-refractivity contribution in [2.24, 2.45) is 0 Å². The molecule has 0 radical (unpaired) electrons. The Bertz CT molecular complexity index is 502. The summed E-state index contributed by atoms with van der Waals surface area (Å²) in [5.74, 6) is -1.89. The Labute approximate surface area is 105 Å². The maximum Gasteiger partial charge on any atom is 0.378 e. The molecule has 0 aliphatic heterocycles. The van der Waals surface area contributed by atoms with Crippen molar-refractivity contribution in [1.29, 1.82) is 0 Å². The molecule has 1 aromatic rings. The van der Waals surface area contributed by atoms with Gasteiger partial charge in [0.25, 0.3) is 5.78 Å². The number of benzene rings is 1. The molecule has 0 aliphatic rings. The minimum Gasteiger partial charge on any atom is -0.507 e. The highest BCUT2D eigenvalue weighted by atomic mass is 16.5. The molecule has 5 heteroatoms. The summed E-state index contributed by atoms with van der Waals surface area (Å²) in [6.07, 6.45) is 0.805. The van der Waals surface area contributed by atoms with Gasteiger partial charge in [-0.2, -0.15) is 0 Å². The van der Waals surface area contributed by atoms with Crippen LogP contribution >= 0.6 is 0 Å². The van der Waals surface area contributed by atoms with Crippen LogP contribution in [0.5, 0.6) is 5.75 Å². The molecule has 1 N–H and O–H groups in total. The first kappa shape index (κ1) is 13.8. The SMILES string of the molecule is COC(=O)C(=O)C=C(O)c1ccc(C)cc1OC. The molecule has 0 saturated carbocycles. The van der Waals surface area contributed by atoms with Crippen molar-refractivity contribution in [2.75, 3.05) is 14.2 Å². The van der Waals surface area contributed by atoms with Crippen LogP contribution in [0.25, 0.3) is 5.76 Å².